The van der Waals surface area contributed by atoms with E-state index in [-0.39, 0.29) is 5.91 Å². The van der Waals surface area contributed by atoms with Crippen LogP contribution in [0.4, 0.5) is 10.6 Å². The number of benzene rings is 1. The van der Waals surface area contributed by atoms with Crippen molar-refractivity contribution in [1.82, 2.24) is 20.2 Å². The Morgan fingerprint density at radius 3 is 2.83 bits per heavy atom. The normalized spacial score (nSPS) is 17.3. The number of hydrogen-bond acceptors (Lipinski definition) is 4. The van der Waals surface area contributed by atoms with E-state index in [0.29, 0.717) is 18.8 Å². The summed E-state index contributed by atoms with van der Waals surface area (Å²) in [6.45, 7) is 2.15. The lowest BCUT2D eigenvalue weighted by Crippen LogP contribution is -2.50. The fourth-order valence-corrected chi connectivity index (χ4v) is 3.14. The summed E-state index contributed by atoms with van der Waals surface area (Å²) in [4.78, 5) is 29.3. The highest BCUT2D eigenvalue weighted by Crippen LogP contribution is 2.27. The number of hydrogen-bond donors (Lipinski definition) is 2. The molecule has 2 aromatic rings. The molecule has 7 nitrogen and oxygen atoms in total. The fourth-order valence-electron chi connectivity index (χ4n) is 3.14. The second-order valence-corrected chi connectivity index (χ2v) is 5.84. The molecule has 118 valence electrons. The SMILES string of the molecule is Cn1c(N2CCC(=O)NC2=O)cnc1-c1ccc2c(c1)CNC2. The maximum absolute atomic E-state index is 12.0. The van der Waals surface area contributed by atoms with Gasteiger partial charge in [-0.15, -0.1) is 0 Å². The molecule has 2 N–H and O–H groups in total. The summed E-state index contributed by atoms with van der Waals surface area (Å²) in [5.74, 6) is 1.25. The Hall–Kier alpha value is -2.67. The minimum Gasteiger partial charge on any atom is -0.314 e. The summed E-state index contributed by atoms with van der Waals surface area (Å²) < 4.78 is 1.89. The Balaban J connectivity index is 1.68. The van der Waals surface area contributed by atoms with Gasteiger partial charge in [0.25, 0.3) is 0 Å². The maximum atomic E-state index is 12.0. The first-order valence-corrected chi connectivity index (χ1v) is 7.59. The molecule has 1 aromatic heterocycles. The van der Waals surface area contributed by atoms with Gasteiger partial charge in [0.1, 0.15) is 11.6 Å². The minimum atomic E-state index is -0.394. The molecule has 1 aromatic carbocycles. The largest absolute Gasteiger partial charge is 0.329 e. The van der Waals surface area contributed by atoms with Crippen molar-refractivity contribution in [2.75, 3.05) is 11.4 Å². The molecule has 0 spiro atoms. The first-order chi connectivity index (χ1) is 11.1. The average molecular weight is 311 g/mol. The molecular weight excluding hydrogens is 294 g/mol. The van der Waals surface area contributed by atoms with E-state index in [1.165, 1.54) is 11.1 Å². The number of urea groups is 1. The summed E-state index contributed by atoms with van der Waals surface area (Å²) in [5.41, 5.74) is 3.63. The summed E-state index contributed by atoms with van der Waals surface area (Å²) in [5, 5.41) is 5.66. The molecule has 1 saturated heterocycles. The highest BCUT2D eigenvalue weighted by Gasteiger charge is 2.27. The van der Waals surface area contributed by atoms with Crippen LogP contribution in [0.3, 0.4) is 0 Å². The van der Waals surface area contributed by atoms with Crippen LogP contribution in [-0.4, -0.2) is 28.0 Å². The number of aromatic nitrogens is 2. The van der Waals surface area contributed by atoms with Crippen molar-refractivity contribution < 1.29 is 9.59 Å². The smallest absolute Gasteiger partial charge is 0.314 e. The van der Waals surface area contributed by atoms with Crippen LogP contribution in [0, 0.1) is 0 Å². The Bertz CT molecular complexity index is 811. The maximum Gasteiger partial charge on any atom is 0.329 e. The van der Waals surface area contributed by atoms with Crippen molar-refractivity contribution in [3.63, 3.8) is 0 Å². The molecule has 3 amide bonds. The summed E-state index contributed by atoms with van der Waals surface area (Å²) >= 11 is 0. The topological polar surface area (TPSA) is 79.3 Å². The minimum absolute atomic E-state index is 0.236. The molecule has 3 heterocycles. The standard InChI is InChI=1S/C16H17N5O2/c1-20-14(21-5-4-13(22)19-16(21)23)9-18-15(20)10-2-3-11-7-17-8-12(11)6-10/h2-3,6,9,17H,4-5,7-8H2,1H3,(H,19,22,23). The summed E-state index contributed by atoms with van der Waals surface area (Å²) in [6, 6.07) is 5.92. The first kappa shape index (κ1) is 14.0. The fraction of sp³-hybridized carbons (Fsp3) is 0.312. The number of nitrogens with zero attached hydrogens (tertiary/aromatic N) is 3. The van der Waals surface area contributed by atoms with E-state index in [1.807, 2.05) is 11.6 Å². The van der Waals surface area contributed by atoms with E-state index in [9.17, 15) is 9.59 Å². The van der Waals surface area contributed by atoms with Gasteiger partial charge in [-0.25, -0.2) is 9.78 Å². The van der Waals surface area contributed by atoms with E-state index in [2.05, 4.69) is 33.8 Å². The molecule has 0 radical (unpaired) electrons. The van der Waals surface area contributed by atoms with Crippen LogP contribution in [-0.2, 0) is 24.9 Å². The number of anilines is 1. The van der Waals surface area contributed by atoms with E-state index >= 15 is 0 Å². The Morgan fingerprint density at radius 1 is 1.17 bits per heavy atom. The predicted octanol–water partition coefficient (Wildman–Crippen LogP) is 1.14. The van der Waals surface area contributed by atoms with E-state index in [0.717, 1.165) is 24.5 Å². The van der Waals surface area contributed by atoms with Gasteiger partial charge in [0.2, 0.25) is 5.91 Å². The van der Waals surface area contributed by atoms with Crippen LogP contribution in [0.5, 0.6) is 0 Å². The summed E-state index contributed by atoms with van der Waals surface area (Å²) in [6.07, 6.45) is 1.98. The Kier molecular flexibility index (Phi) is 3.16. The van der Waals surface area contributed by atoms with Crippen molar-refractivity contribution >= 4 is 17.8 Å². The number of carbonyl (C=O) groups is 2. The molecule has 23 heavy (non-hydrogen) atoms. The monoisotopic (exact) mass is 311 g/mol. The second-order valence-electron chi connectivity index (χ2n) is 5.84. The van der Waals surface area contributed by atoms with Gasteiger partial charge in [-0.2, -0.15) is 0 Å². The molecule has 2 aliphatic heterocycles. The van der Waals surface area contributed by atoms with Gasteiger partial charge < -0.3 is 9.88 Å². The van der Waals surface area contributed by atoms with Crippen LogP contribution >= 0.6 is 0 Å². The lowest BCUT2D eigenvalue weighted by atomic mass is 10.1. The molecule has 7 heteroatoms. The molecular formula is C16H17N5O2. The third-order valence-corrected chi connectivity index (χ3v) is 4.39. The zero-order valence-electron chi connectivity index (χ0n) is 12.8. The number of nitrogens with one attached hydrogen (secondary N) is 2. The van der Waals surface area contributed by atoms with Gasteiger partial charge in [0.05, 0.1) is 6.20 Å². The number of imide groups is 1. The number of carbonyl (C=O) groups excluding carboxylic acids is 2. The van der Waals surface area contributed by atoms with Crippen molar-refractivity contribution in [1.29, 1.82) is 0 Å². The number of rotatable bonds is 2. The third-order valence-electron chi connectivity index (χ3n) is 4.39. The van der Waals surface area contributed by atoms with Crippen molar-refractivity contribution in [2.45, 2.75) is 19.5 Å². The zero-order valence-corrected chi connectivity index (χ0v) is 12.8. The molecule has 1 fully saturated rings. The number of fused-ring (bicyclic) bond motifs is 1. The van der Waals surface area contributed by atoms with Crippen LogP contribution in [0.15, 0.2) is 24.4 Å². The molecule has 0 bridgehead atoms. The predicted molar refractivity (Wildman–Crippen MR) is 84.7 cm³/mol. The molecule has 0 aliphatic carbocycles. The van der Waals surface area contributed by atoms with Gasteiger partial charge in [-0.1, -0.05) is 12.1 Å². The van der Waals surface area contributed by atoms with Crippen LogP contribution < -0.4 is 15.5 Å². The molecule has 2 aliphatic rings. The van der Waals surface area contributed by atoms with Crippen LogP contribution in [0.25, 0.3) is 11.4 Å². The molecule has 0 unspecified atom stereocenters. The van der Waals surface area contributed by atoms with Crippen LogP contribution in [0.2, 0.25) is 0 Å². The third kappa shape index (κ3) is 2.29. The lowest BCUT2D eigenvalue weighted by molar-refractivity contribution is -0.120. The van der Waals surface area contributed by atoms with Gasteiger partial charge >= 0.3 is 6.03 Å². The highest BCUT2D eigenvalue weighted by atomic mass is 16.2. The lowest BCUT2D eigenvalue weighted by Gasteiger charge is -2.26. The van der Waals surface area contributed by atoms with Crippen LogP contribution in [0.1, 0.15) is 17.5 Å². The van der Waals surface area contributed by atoms with Gasteiger partial charge in [-0.05, 0) is 17.2 Å². The van der Waals surface area contributed by atoms with Gasteiger partial charge in [-0.3, -0.25) is 15.0 Å². The average Bonchev–Trinajstić information content (AvgIpc) is 3.13. The second kappa shape index (κ2) is 5.20. The molecule has 0 atom stereocenters. The van der Waals surface area contributed by atoms with Gasteiger partial charge in [0, 0.05) is 38.7 Å². The van der Waals surface area contributed by atoms with E-state index in [4.69, 9.17) is 0 Å². The molecule has 0 saturated carbocycles. The zero-order chi connectivity index (χ0) is 16.0. The van der Waals surface area contributed by atoms with E-state index in [1.54, 1.807) is 11.1 Å². The number of amides is 3. The van der Waals surface area contributed by atoms with Gasteiger partial charge in [0.15, 0.2) is 0 Å². The van der Waals surface area contributed by atoms with Crippen molar-refractivity contribution in [3.8, 4) is 11.4 Å². The quantitative estimate of drug-likeness (QED) is 0.871. The van der Waals surface area contributed by atoms with Crippen molar-refractivity contribution in [3.05, 3.63) is 35.5 Å². The Morgan fingerprint density at radius 2 is 2.00 bits per heavy atom. The highest BCUT2D eigenvalue weighted by molar-refractivity contribution is 6.05. The Labute approximate surface area is 133 Å². The first-order valence-electron chi connectivity index (χ1n) is 7.59. The number of imidazole rings is 1. The van der Waals surface area contributed by atoms with E-state index < -0.39 is 6.03 Å². The van der Waals surface area contributed by atoms with Crippen molar-refractivity contribution in [2.24, 2.45) is 7.05 Å². The molecule has 4 rings (SSSR count). The summed E-state index contributed by atoms with van der Waals surface area (Å²) in [7, 11) is 1.88.